The van der Waals surface area contributed by atoms with Gasteiger partial charge in [0.1, 0.15) is 6.04 Å². The van der Waals surface area contributed by atoms with Gasteiger partial charge in [-0.1, -0.05) is 32.9 Å². The standard InChI is InChI=1S/C24H26F3N3O2/c1-6-19(22(31)28-17-9-7-16(8-10-17)13(2)3)30-20-12-15(5)14(4)11-18(20)29-21(23(30)32)24(25,26)27/h7-13,19H,6H2,1-5H3,(H,28,31). The van der Waals surface area contributed by atoms with Crippen LogP contribution >= 0.6 is 0 Å². The van der Waals surface area contributed by atoms with Crippen LogP contribution in [0, 0.1) is 13.8 Å². The number of benzene rings is 2. The Bertz CT molecular complexity index is 1210. The van der Waals surface area contributed by atoms with Crippen LogP contribution < -0.4 is 10.9 Å². The number of amides is 1. The second kappa shape index (κ2) is 8.76. The lowest BCUT2D eigenvalue weighted by atomic mass is 10.0. The van der Waals surface area contributed by atoms with Crippen molar-refractivity contribution in [1.29, 1.82) is 0 Å². The van der Waals surface area contributed by atoms with Crippen LogP contribution in [0.4, 0.5) is 18.9 Å². The molecule has 0 bridgehead atoms. The highest BCUT2D eigenvalue weighted by molar-refractivity contribution is 5.94. The Hall–Kier alpha value is -3.16. The van der Waals surface area contributed by atoms with Crippen LogP contribution in [0.3, 0.4) is 0 Å². The summed E-state index contributed by atoms with van der Waals surface area (Å²) in [6, 6.07) is 9.20. The van der Waals surface area contributed by atoms with Gasteiger partial charge in [-0.15, -0.1) is 0 Å². The van der Waals surface area contributed by atoms with Crippen molar-refractivity contribution in [3.8, 4) is 0 Å². The van der Waals surface area contributed by atoms with Gasteiger partial charge in [0.05, 0.1) is 11.0 Å². The van der Waals surface area contributed by atoms with Crippen molar-refractivity contribution in [2.45, 2.75) is 59.2 Å². The average Bonchev–Trinajstić information content (AvgIpc) is 2.71. The molecule has 1 heterocycles. The molecule has 0 spiro atoms. The predicted octanol–water partition coefficient (Wildman–Crippen LogP) is 5.75. The van der Waals surface area contributed by atoms with Gasteiger partial charge in [-0.3, -0.25) is 14.2 Å². The average molecular weight is 445 g/mol. The molecule has 0 fully saturated rings. The van der Waals surface area contributed by atoms with Crippen molar-refractivity contribution in [2.75, 3.05) is 5.32 Å². The van der Waals surface area contributed by atoms with Crippen LogP contribution in [0.2, 0.25) is 0 Å². The van der Waals surface area contributed by atoms with Crippen LogP contribution in [-0.4, -0.2) is 15.5 Å². The van der Waals surface area contributed by atoms with Crippen molar-refractivity contribution in [2.24, 2.45) is 0 Å². The van der Waals surface area contributed by atoms with Gasteiger partial charge in [0.25, 0.3) is 5.56 Å². The fraction of sp³-hybridized carbons (Fsp3) is 0.375. The topological polar surface area (TPSA) is 64.0 Å². The molecule has 0 saturated carbocycles. The maximum atomic E-state index is 13.6. The molecule has 3 rings (SSSR count). The van der Waals surface area contributed by atoms with Crippen molar-refractivity contribution >= 4 is 22.6 Å². The first-order valence-corrected chi connectivity index (χ1v) is 10.5. The molecule has 2 aromatic carbocycles. The summed E-state index contributed by atoms with van der Waals surface area (Å²) < 4.78 is 41.7. The molecule has 1 atom stereocenters. The van der Waals surface area contributed by atoms with E-state index < -0.39 is 29.4 Å². The van der Waals surface area contributed by atoms with Crippen molar-refractivity contribution in [1.82, 2.24) is 9.55 Å². The summed E-state index contributed by atoms with van der Waals surface area (Å²) in [5, 5.41) is 2.73. The minimum Gasteiger partial charge on any atom is -0.324 e. The van der Waals surface area contributed by atoms with Gasteiger partial charge in [-0.2, -0.15) is 13.2 Å². The molecule has 1 amide bonds. The fourth-order valence-corrected chi connectivity index (χ4v) is 3.62. The molecule has 1 N–H and O–H groups in total. The number of fused-ring (bicyclic) bond motifs is 1. The number of hydrogen-bond donors (Lipinski definition) is 1. The number of carbonyl (C=O) groups is 1. The molecule has 0 aliphatic carbocycles. The van der Waals surface area contributed by atoms with E-state index in [9.17, 15) is 22.8 Å². The number of aromatic nitrogens is 2. The smallest absolute Gasteiger partial charge is 0.324 e. The lowest BCUT2D eigenvalue weighted by Gasteiger charge is -2.22. The van der Waals surface area contributed by atoms with E-state index in [-0.39, 0.29) is 17.5 Å². The van der Waals surface area contributed by atoms with E-state index in [1.807, 2.05) is 26.0 Å². The van der Waals surface area contributed by atoms with Gasteiger partial charge < -0.3 is 5.32 Å². The number of anilines is 1. The van der Waals surface area contributed by atoms with E-state index in [0.29, 0.717) is 11.6 Å². The first kappa shape index (κ1) is 23.5. The van der Waals surface area contributed by atoms with Gasteiger partial charge in [0.15, 0.2) is 0 Å². The van der Waals surface area contributed by atoms with Crippen LogP contribution in [0.5, 0.6) is 0 Å². The van der Waals surface area contributed by atoms with E-state index >= 15 is 0 Å². The molecule has 0 radical (unpaired) electrons. The lowest BCUT2D eigenvalue weighted by Crippen LogP contribution is -2.37. The Labute approximate surface area is 184 Å². The van der Waals surface area contributed by atoms with Crippen LogP contribution in [0.25, 0.3) is 11.0 Å². The minimum atomic E-state index is -4.94. The van der Waals surface area contributed by atoms with Crippen molar-refractivity contribution in [3.05, 3.63) is 69.1 Å². The van der Waals surface area contributed by atoms with E-state index in [1.165, 1.54) is 6.07 Å². The Kier molecular flexibility index (Phi) is 6.44. The highest BCUT2D eigenvalue weighted by Crippen LogP contribution is 2.29. The number of halogens is 3. The number of rotatable bonds is 5. The Morgan fingerprint density at radius 1 is 1.09 bits per heavy atom. The summed E-state index contributed by atoms with van der Waals surface area (Å²) in [5.74, 6) is -0.247. The largest absolute Gasteiger partial charge is 0.438 e. The lowest BCUT2D eigenvalue weighted by molar-refractivity contribution is -0.142. The molecule has 170 valence electrons. The third kappa shape index (κ3) is 4.54. The molecule has 32 heavy (non-hydrogen) atoms. The number of hydrogen-bond acceptors (Lipinski definition) is 3. The summed E-state index contributed by atoms with van der Waals surface area (Å²) in [6.45, 7) is 9.29. The summed E-state index contributed by atoms with van der Waals surface area (Å²) in [7, 11) is 0. The number of aryl methyl sites for hydroxylation is 2. The highest BCUT2D eigenvalue weighted by atomic mass is 19.4. The zero-order valence-electron chi connectivity index (χ0n) is 18.7. The van der Waals surface area contributed by atoms with E-state index in [2.05, 4.69) is 10.3 Å². The number of nitrogens with one attached hydrogen (secondary N) is 1. The molecular weight excluding hydrogens is 419 g/mol. The number of alkyl halides is 3. The molecule has 0 saturated heterocycles. The SMILES string of the molecule is CCC(C(=O)Nc1ccc(C(C)C)cc1)n1c(=O)c(C(F)(F)F)nc2cc(C)c(C)cc21. The predicted molar refractivity (Wildman–Crippen MR) is 119 cm³/mol. The number of carbonyl (C=O) groups excluding carboxylic acids is 1. The maximum absolute atomic E-state index is 13.6. The van der Waals surface area contributed by atoms with E-state index in [0.717, 1.165) is 21.3 Å². The molecule has 5 nitrogen and oxygen atoms in total. The zero-order chi connectivity index (χ0) is 23.8. The van der Waals surface area contributed by atoms with Crippen LogP contribution in [0.15, 0.2) is 41.2 Å². The molecule has 8 heteroatoms. The Morgan fingerprint density at radius 2 is 1.69 bits per heavy atom. The second-order valence-electron chi connectivity index (χ2n) is 8.25. The van der Waals surface area contributed by atoms with Crippen molar-refractivity contribution in [3.63, 3.8) is 0 Å². The van der Waals surface area contributed by atoms with Crippen LogP contribution in [0.1, 0.15) is 61.5 Å². The quantitative estimate of drug-likeness (QED) is 0.544. The normalized spacial score (nSPS) is 12.9. The highest BCUT2D eigenvalue weighted by Gasteiger charge is 2.38. The van der Waals surface area contributed by atoms with Gasteiger partial charge in [-0.05, 0) is 67.1 Å². The fourth-order valence-electron chi connectivity index (χ4n) is 3.62. The summed E-state index contributed by atoms with van der Waals surface area (Å²) >= 11 is 0. The summed E-state index contributed by atoms with van der Waals surface area (Å²) in [6.07, 6.45) is -4.81. The molecule has 0 aliphatic rings. The summed E-state index contributed by atoms with van der Waals surface area (Å²) in [5.41, 5.74) is 0.485. The molecule has 1 aromatic heterocycles. The molecule has 3 aromatic rings. The van der Waals surface area contributed by atoms with Gasteiger partial charge in [0, 0.05) is 5.69 Å². The number of nitrogens with zero attached hydrogens (tertiary/aromatic N) is 2. The second-order valence-corrected chi connectivity index (χ2v) is 8.25. The van der Waals surface area contributed by atoms with Gasteiger partial charge >= 0.3 is 6.18 Å². The minimum absolute atomic E-state index is 0.0209. The first-order chi connectivity index (χ1) is 14.9. The molecule has 0 aliphatic heterocycles. The Morgan fingerprint density at radius 3 is 2.22 bits per heavy atom. The maximum Gasteiger partial charge on any atom is 0.438 e. The molecule has 1 unspecified atom stereocenters. The zero-order valence-corrected chi connectivity index (χ0v) is 18.7. The van der Waals surface area contributed by atoms with Gasteiger partial charge in [0.2, 0.25) is 11.6 Å². The monoisotopic (exact) mass is 445 g/mol. The van der Waals surface area contributed by atoms with Crippen LogP contribution in [-0.2, 0) is 11.0 Å². The Balaban J connectivity index is 2.14. The summed E-state index contributed by atoms with van der Waals surface area (Å²) in [4.78, 5) is 29.6. The molecular formula is C24H26F3N3O2. The van der Waals surface area contributed by atoms with E-state index in [4.69, 9.17) is 0 Å². The first-order valence-electron chi connectivity index (χ1n) is 10.5. The third-order valence-electron chi connectivity index (χ3n) is 5.62. The van der Waals surface area contributed by atoms with E-state index in [1.54, 1.807) is 39.0 Å². The van der Waals surface area contributed by atoms with Gasteiger partial charge in [-0.25, -0.2) is 4.98 Å². The van der Waals surface area contributed by atoms with Crippen molar-refractivity contribution < 1.29 is 18.0 Å². The third-order valence-corrected chi connectivity index (χ3v) is 5.62.